The molecule has 7 heteroatoms. The van der Waals surface area contributed by atoms with Crippen LogP contribution in [0.3, 0.4) is 0 Å². The first kappa shape index (κ1) is 17.1. The molecule has 0 saturated carbocycles. The summed E-state index contributed by atoms with van der Waals surface area (Å²) in [5.74, 6) is 0.0260. The van der Waals surface area contributed by atoms with E-state index in [1.54, 1.807) is 12.1 Å². The van der Waals surface area contributed by atoms with Gasteiger partial charge in [-0.2, -0.15) is 0 Å². The SMILES string of the molecule is CCN(CC)Cc1cc([N+](=O)[O-])c2cccnc2c1O.Cl. The van der Waals surface area contributed by atoms with E-state index in [4.69, 9.17) is 0 Å². The van der Waals surface area contributed by atoms with E-state index >= 15 is 0 Å². The maximum atomic E-state index is 11.2. The Labute approximate surface area is 129 Å². The Bertz CT molecular complexity index is 645. The van der Waals surface area contributed by atoms with Crippen LogP contribution in [0.4, 0.5) is 5.69 Å². The predicted molar refractivity (Wildman–Crippen MR) is 83.9 cm³/mol. The van der Waals surface area contributed by atoms with E-state index in [9.17, 15) is 15.2 Å². The van der Waals surface area contributed by atoms with Crippen LogP contribution in [0.1, 0.15) is 19.4 Å². The Morgan fingerprint density at radius 3 is 2.62 bits per heavy atom. The summed E-state index contributed by atoms with van der Waals surface area (Å²) in [6, 6.07) is 4.66. The molecule has 0 amide bonds. The number of aromatic hydroxyl groups is 1. The normalized spacial score (nSPS) is 10.6. The molecule has 21 heavy (non-hydrogen) atoms. The van der Waals surface area contributed by atoms with Crippen molar-refractivity contribution in [3.8, 4) is 5.75 Å². The van der Waals surface area contributed by atoms with E-state index in [-0.39, 0.29) is 29.4 Å². The molecule has 0 atom stereocenters. The van der Waals surface area contributed by atoms with Crippen LogP contribution in [-0.4, -0.2) is 33.0 Å². The quantitative estimate of drug-likeness (QED) is 0.678. The van der Waals surface area contributed by atoms with Gasteiger partial charge in [0.2, 0.25) is 0 Å². The minimum absolute atomic E-state index is 0. The lowest BCUT2D eigenvalue weighted by molar-refractivity contribution is -0.383. The van der Waals surface area contributed by atoms with Crippen LogP contribution in [0.15, 0.2) is 24.4 Å². The molecular weight excluding hydrogens is 294 g/mol. The number of hydrogen-bond acceptors (Lipinski definition) is 5. The first-order chi connectivity index (χ1) is 9.58. The van der Waals surface area contributed by atoms with Gasteiger partial charge in [0.05, 0.1) is 10.3 Å². The minimum atomic E-state index is -0.435. The van der Waals surface area contributed by atoms with E-state index in [0.29, 0.717) is 17.5 Å². The van der Waals surface area contributed by atoms with Crippen molar-refractivity contribution in [1.29, 1.82) is 0 Å². The van der Waals surface area contributed by atoms with Crippen molar-refractivity contribution in [1.82, 2.24) is 9.88 Å². The molecule has 0 spiro atoms. The fraction of sp³-hybridized carbons (Fsp3) is 0.357. The third-order valence-corrected chi connectivity index (χ3v) is 3.41. The van der Waals surface area contributed by atoms with Crippen LogP contribution < -0.4 is 0 Å². The third-order valence-electron chi connectivity index (χ3n) is 3.41. The molecule has 2 aromatic rings. The molecule has 2 rings (SSSR count). The van der Waals surface area contributed by atoms with Crippen LogP contribution in [0, 0.1) is 10.1 Å². The topological polar surface area (TPSA) is 79.5 Å². The number of nitro benzene ring substituents is 1. The number of benzene rings is 1. The molecule has 0 saturated heterocycles. The summed E-state index contributed by atoms with van der Waals surface area (Å²) in [5, 5.41) is 21.8. The number of phenolic OH excluding ortho intramolecular Hbond substituents is 1. The predicted octanol–water partition coefficient (Wildman–Crippen LogP) is 3.11. The number of non-ortho nitro benzene ring substituents is 1. The highest BCUT2D eigenvalue weighted by atomic mass is 35.5. The number of aromatic nitrogens is 1. The molecule has 0 aliphatic heterocycles. The summed E-state index contributed by atoms with van der Waals surface area (Å²) in [4.78, 5) is 16.9. The number of halogens is 1. The van der Waals surface area contributed by atoms with Gasteiger partial charge in [0.1, 0.15) is 11.3 Å². The van der Waals surface area contributed by atoms with Gasteiger partial charge in [-0.3, -0.25) is 20.0 Å². The maximum absolute atomic E-state index is 11.2. The van der Waals surface area contributed by atoms with Gasteiger partial charge in [0.15, 0.2) is 0 Å². The summed E-state index contributed by atoms with van der Waals surface area (Å²) >= 11 is 0. The smallest absolute Gasteiger partial charge is 0.279 e. The summed E-state index contributed by atoms with van der Waals surface area (Å²) in [7, 11) is 0. The highest BCUT2D eigenvalue weighted by Crippen LogP contribution is 2.34. The number of fused-ring (bicyclic) bond motifs is 1. The van der Waals surface area contributed by atoms with Gasteiger partial charge in [0.25, 0.3) is 5.69 Å². The van der Waals surface area contributed by atoms with Gasteiger partial charge in [-0.05, 0) is 25.2 Å². The summed E-state index contributed by atoms with van der Waals surface area (Å²) in [6.45, 7) is 6.10. The molecule has 0 bridgehead atoms. The number of hydrogen-bond donors (Lipinski definition) is 1. The second kappa shape index (κ2) is 7.19. The lowest BCUT2D eigenvalue weighted by atomic mass is 10.1. The maximum Gasteiger partial charge on any atom is 0.279 e. The highest BCUT2D eigenvalue weighted by Gasteiger charge is 2.20. The van der Waals surface area contributed by atoms with E-state index in [2.05, 4.69) is 9.88 Å². The Kier molecular flexibility index (Phi) is 5.87. The van der Waals surface area contributed by atoms with Crippen LogP contribution in [0.2, 0.25) is 0 Å². The lowest BCUT2D eigenvalue weighted by Crippen LogP contribution is -2.22. The van der Waals surface area contributed by atoms with E-state index in [1.165, 1.54) is 12.3 Å². The average Bonchev–Trinajstić information content (AvgIpc) is 2.46. The van der Waals surface area contributed by atoms with Gasteiger partial charge in [-0.1, -0.05) is 13.8 Å². The first-order valence-corrected chi connectivity index (χ1v) is 6.54. The Balaban J connectivity index is 0.00000220. The number of rotatable bonds is 5. The van der Waals surface area contributed by atoms with Gasteiger partial charge in [-0.15, -0.1) is 12.4 Å². The highest BCUT2D eigenvalue weighted by molar-refractivity contribution is 5.93. The van der Waals surface area contributed by atoms with Crippen molar-refractivity contribution < 1.29 is 10.0 Å². The Morgan fingerprint density at radius 1 is 1.38 bits per heavy atom. The molecule has 1 N–H and O–H groups in total. The van der Waals surface area contributed by atoms with Crippen LogP contribution >= 0.6 is 12.4 Å². The Hall–Kier alpha value is -1.92. The van der Waals surface area contributed by atoms with Crippen LogP contribution in [0.25, 0.3) is 10.9 Å². The number of nitrogens with zero attached hydrogens (tertiary/aromatic N) is 3. The fourth-order valence-electron chi connectivity index (χ4n) is 2.22. The van der Waals surface area contributed by atoms with Gasteiger partial charge < -0.3 is 5.11 Å². The fourth-order valence-corrected chi connectivity index (χ4v) is 2.22. The average molecular weight is 312 g/mol. The van der Waals surface area contributed by atoms with Crippen molar-refractivity contribution in [2.24, 2.45) is 0 Å². The second-order valence-corrected chi connectivity index (χ2v) is 4.52. The largest absolute Gasteiger partial charge is 0.505 e. The van der Waals surface area contributed by atoms with Crippen molar-refractivity contribution in [2.45, 2.75) is 20.4 Å². The second-order valence-electron chi connectivity index (χ2n) is 4.52. The van der Waals surface area contributed by atoms with Crippen molar-refractivity contribution in [2.75, 3.05) is 13.1 Å². The molecule has 1 heterocycles. The van der Waals surface area contributed by atoms with Crippen molar-refractivity contribution in [3.63, 3.8) is 0 Å². The molecule has 0 unspecified atom stereocenters. The van der Waals surface area contributed by atoms with Gasteiger partial charge >= 0.3 is 0 Å². The number of phenols is 1. The van der Waals surface area contributed by atoms with E-state index in [1.807, 2.05) is 13.8 Å². The third kappa shape index (κ3) is 3.40. The van der Waals surface area contributed by atoms with Crippen molar-refractivity contribution in [3.05, 3.63) is 40.1 Å². The minimum Gasteiger partial charge on any atom is -0.505 e. The molecule has 0 aliphatic carbocycles. The molecular formula is C14H18ClN3O3. The van der Waals surface area contributed by atoms with Crippen LogP contribution in [-0.2, 0) is 6.54 Å². The summed E-state index contributed by atoms with van der Waals surface area (Å²) < 4.78 is 0. The van der Waals surface area contributed by atoms with Gasteiger partial charge in [-0.25, -0.2) is 0 Å². The van der Waals surface area contributed by atoms with Gasteiger partial charge in [0, 0.05) is 24.4 Å². The molecule has 1 aromatic carbocycles. The zero-order chi connectivity index (χ0) is 14.7. The first-order valence-electron chi connectivity index (χ1n) is 6.54. The molecule has 0 fully saturated rings. The molecule has 6 nitrogen and oxygen atoms in total. The lowest BCUT2D eigenvalue weighted by Gasteiger charge is -2.19. The summed E-state index contributed by atoms with van der Waals surface area (Å²) in [5.41, 5.74) is 0.795. The zero-order valence-corrected chi connectivity index (χ0v) is 12.8. The number of nitro groups is 1. The molecule has 0 radical (unpaired) electrons. The standard InChI is InChI=1S/C14H17N3O3.ClH/c1-3-16(4-2)9-10-8-12(17(19)20)11-6-5-7-15-13(11)14(10)18;/h5-8,18H,3-4,9H2,1-2H3;1H. The molecule has 1 aromatic heterocycles. The van der Waals surface area contributed by atoms with E-state index < -0.39 is 4.92 Å². The van der Waals surface area contributed by atoms with E-state index in [0.717, 1.165) is 13.1 Å². The Morgan fingerprint density at radius 2 is 2.05 bits per heavy atom. The molecule has 114 valence electrons. The molecule has 0 aliphatic rings. The van der Waals surface area contributed by atoms with Crippen LogP contribution in [0.5, 0.6) is 5.75 Å². The zero-order valence-electron chi connectivity index (χ0n) is 11.9. The monoisotopic (exact) mass is 311 g/mol. The van der Waals surface area contributed by atoms with Crippen molar-refractivity contribution >= 4 is 29.0 Å². The summed E-state index contributed by atoms with van der Waals surface area (Å²) in [6.07, 6.45) is 1.52. The number of pyridine rings is 1.